The standard InChI is InChI=1S/C19H21NO4/c1-23-17-10-8-14(9-11-17)18(12-16(21)13-19(22)24-2)20-15-6-4-3-5-7-15/h3-11,18,20H,12-13H2,1-2H3. The van der Waals surface area contributed by atoms with Gasteiger partial charge in [-0.05, 0) is 29.8 Å². The van der Waals surface area contributed by atoms with Gasteiger partial charge in [0.25, 0.3) is 0 Å². The minimum atomic E-state index is -0.520. The summed E-state index contributed by atoms with van der Waals surface area (Å²) in [6, 6.07) is 16.9. The molecule has 5 nitrogen and oxygen atoms in total. The van der Waals surface area contributed by atoms with Crippen LogP contribution in [0.1, 0.15) is 24.4 Å². The highest BCUT2D eigenvalue weighted by atomic mass is 16.5. The molecule has 0 aliphatic carbocycles. The Morgan fingerprint density at radius 2 is 1.67 bits per heavy atom. The Hall–Kier alpha value is -2.82. The van der Waals surface area contributed by atoms with Crippen molar-refractivity contribution in [3.8, 4) is 5.75 Å². The molecule has 0 aliphatic rings. The zero-order valence-corrected chi connectivity index (χ0v) is 13.8. The molecule has 2 rings (SSSR count). The maximum Gasteiger partial charge on any atom is 0.313 e. The van der Waals surface area contributed by atoms with Gasteiger partial charge < -0.3 is 14.8 Å². The number of ether oxygens (including phenoxy) is 2. The second-order valence-corrected chi connectivity index (χ2v) is 5.33. The van der Waals surface area contributed by atoms with Crippen molar-refractivity contribution >= 4 is 17.4 Å². The highest BCUT2D eigenvalue weighted by Gasteiger charge is 2.18. The molecular weight excluding hydrogens is 306 g/mol. The molecule has 0 bridgehead atoms. The molecule has 0 fully saturated rings. The van der Waals surface area contributed by atoms with E-state index in [2.05, 4.69) is 10.1 Å². The lowest BCUT2D eigenvalue weighted by Gasteiger charge is -2.20. The van der Waals surface area contributed by atoms with Gasteiger partial charge in [0.05, 0.1) is 20.3 Å². The highest BCUT2D eigenvalue weighted by molar-refractivity contribution is 5.95. The number of anilines is 1. The van der Waals surface area contributed by atoms with Gasteiger partial charge in [-0.15, -0.1) is 0 Å². The van der Waals surface area contributed by atoms with E-state index in [1.165, 1.54) is 7.11 Å². The van der Waals surface area contributed by atoms with Crippen molar-refractivity contribution < 1.29 is 19.1 Å². The van der Waals surface area contributed by atoms with Crippen LogP contribution in [0, 0.1) is 0 Å². The number of rotatable bonds is 8. The van der Waals surface area contributed by atoms with E-state index in [0.717, 1.165) is 17.0 Å². The first kappa shape index (κ1) is 17.5. The number of esters is 1. The van der Waals surface area contributed by atoms with E-state index >= 15 is 0 Å². The molecule has 5 heteroatoms. The van der Waals surface area contributed by atoms with Crippen LogP contribution in [-0.2, 0) is 14.3 Å². The van der Waals surface area contributed by atoms with Crippen molar-refractivity contribution in [3.05, 3.63) is 60.2 Å². The molecule has 0 aromatic heterocycles. The molecule has 0 heterocycles. The number of hydrogen-bond donors (Lipinski definition) is 1. The van der Waals surface area contributed by atoms with E-state index in [9.17, 15) is 9.59 Å². The molecule has 0 spiro atoms. The van der Waals surface area contributed by atoms with Crippen LogP contribution >= 0.6 is 0 Å². The normalized spacial score (nSPS) is 11.4. The van der Waals surface area contributed by atoms with Crippen molar-refractivity contribution in [2.45, 2.75) is 18.9 Å². The first-order valence-corrected chi connectivity index (χ1v) is 7.66. The van der Waals surface area contributed by atoms with E-state index < -0.39 is 5.97 Å². The maximum absolute atomic E-state index is 12.1. The Kier molecular flexibility index (Phi) is 6.37. The van der Waals surface area contributed by atoms with Gasteiger partial charge in [-0.3, -0.25) is 9.59 Å². The molecule has 2 aromatic rings. The van der Waals surface area contributed by atoms with Gasteiger partial charge in [0.2, 0.25) is 0 Å². The first-order chi connectivity index (χ1) is 11.6. The molecule has 0 saturated carbocycles. The molecule has 0 radical (unpaired) electrons. The molecule has 0 amide bonds. The van der Waals surface area contributed by atoms with Crippen LogP contribution in [0.15, 0.2) is 54.6 Å². The topological polar surface area (TPSA) is 64.6 Å². The fourth-order valence-corrected chi connectivity index (χ4v) is 2.36. The molecule has 126 valence electrons. The van der Waals surface area contributed by atoms with E-state index in [1.54, 1.807) is 7.11 Å². The number of methoxy groups -OCH3 is 2. The minimum Gasteiger partial charge on any atom is -0.497 e. The van der Waals surface area contributed by atoms with Crippen molar-refractivity contribution in [3.63, 3.8) is 0 Å². The van der Waals surface area contributed by atoms with Crippen LogP contribution in [0.25, 0.3) is 0 Å². The number of ketones is 1. The molecule has 1 unspecified atom stereocenters. The molecule has 0 saturated heterocycles. The van der Waals surface area contributed by atoms with Gasteiger partial charge in [0.1, 0.15) is 18.0 Å². The summed E-state index contributed by atoms with van der Waals surface area (Å²) in [5.41, 5.74) is 1.85. The van der Waals surface area contributed by atoms with Crippen LogP contribution < -0.4 is 10.1 Å². The predicted octanol–water partition coefficient (Wildman–Crippen LogP) is 3.37. The fraction of sp³-hybridized carbons (Fsp3) is 0.263. The summed E-state index contributed by atoms with van der Waals surface area (Å²) in [6.45, 7) is 0. The highest BCUT2D eigenvalue weighted by Crippen LogP contribution is 2.25. The summed E-state index contributed by atoms with van der Waals surface area (Å²) in [7, 11) is 2.88. The summed E-state index contributed by atoms with van der Waals surface area (Å²) >= 11 is 0. The predicted molar refractivity (Wildman–Crippen MR) is 92.1 cm³/mol. The molecule has 0 aliphatic heterocycles. The Morgan fingerprint density at radius 3 is 2.25 bits per heavy atom. The van der Waals surface area contributed by atoms with Crippen molar-refractivity contribution in [1.82, 2.24) is 0 Å². The minimum absolute atomic E-state index is 0.175. The van der Waals surface area contributed by atoms with E-state index in [1.807, 2.05) is 54.6 Å². The number of benzene rings is 2. The quantitative estimate of drug-likeness (QED) is 0.595. The van der Waals surface area contributed by atoms with E-state index in [0.29, 0.717) is 0 Å². The van der Waals surface area contributed by atoms with Crippen LogP contribution in [0.5, 0.6) is 5.75 Å². The third kappa shape index (κ3) is 5.12. The third-order valence-corrected chi connectivity index (χ3v) is 3.63. The van der Waals surface area contributed by atoms with Crippen molar-refractivity contribution in [2.24, 2.45) is 0 Å². The second-order valence-electron chi connectivity index (χ2n) is 5.33. The number of Topliss-reactive ketones (excluding diaryl/α,β-unsaturated/α-hetero) is 1. The lowest BCUT2D eigenvalue weighted by atomic mass is 9.99. The van der Waals surface area contributed by atoms with Gasteiger partial charge in [-0.25, -0.2) is 0 Å². The summed E-state index contributed by atoms with van der Waals surface area (Å²) < 4.78 is 9.73. The summed E-state index contributed by atoms with van der Waals surface area (Å²) in [5, 5.41) is 3.34. The average Bonchev–Trinajstić information content (AvgIpc) is 2.62. The van der Waals surface area contributed by atoms with Crippen molar-refractivity contribution in [1.29, 1.82) is 0 Å². The molecular formula is C19H21NO4. The molecule has 1 N–H and O–H groups in total. The van der Waals surface area contributed by atoms with Crippen LogP contribution in [-0.4, -0.2) is 26.0 Å². The van der Waals surface area contributed by atoms with E-state index in [-0.39, 0.29) is 24.7 Å². The summed E-state index contributed by atoms with van der Waals surface area (Å²) in [4.78, 5) is 23.4. The Labute approximate surface area is 141 Å². The van der Waals surface area contributed by atoms with Crippen LogP contribution in [0.3, 0.4) is 0 Å². The van der Waals surface area contributed by atoms with Gasteiger partial charge in [-0.2, -0.15) is 0 Å². The van der Waals surface area contributed by atoms with Gasteiger partial charge in [0.15, 0.2) is 0 Å². The monoisotopic (exact) mass is 327 g/mol. The number of carbonyl (C=O) groups excluding carboxylic acids is 2. The SMILES string of the molecule is COC(=O)CC(=O)CC(Nc1ccccc1)c1ccc(OC)cc1. The molecule has 1 atom stereocenters. The third-order valence-electron chi connectivity index (χ3n) is 3.63. The van der Waals surface area contributed by atoms with Crippen molar-refractivity contribution in [2.75, 3.05) is 19.5 Å². The van der Waals surface area contributed by atoms with Gasteiger partial charge >= 0.3 is 5.97 Å². The molecule has 2 aromatic carbocycles. The first-order valence-electron chi connectivity index (χ1n) is 7.66. The fourth-order valence-electron chi connectivity index (χ4n) is 2.36. The van der Waals surface area contributed by atoms with Crippen LogP contribution in [0.2, 0.25) is 0 Å². The maximum atomic E-state index is 12.1. The number of hydrogen-bond acceptors (Lipinski definition) is 5. The largest absolute Gasteiger partial charge is 0.497 e. The van der Waals surface area contributed by atoms with Crippen LogP contribution in [0.4, 0.5) is 5.69 Å². The van der Waals surface area contributed by atoms with E-state index in [4.69, 9.17) is 4.74 Å². The zero-order chi connectivity index (χ0) is 17.4. The van der Waals surface area contributed by atoms with Gasteiger partial charge in [-0.1, -0.05) is 30.3 Å². The number of carbonyl (C=O) groups is 2. The number of para-hydroxylation sites is 1. The summed E-state index contributed by atoms with van der Waals surface area (Å²) in [5.74, 6) is 0.0531. The number of nitrogens with one attached hydrogen (secondary N) is 1. The van der Waals surface area contributed by atoms with Gasteiger partial charge in [0, 0.05) is 12.1 Å². The lowest BCUT2D eigenvalue weighted by molar-refractivity contribution is -0.143. The Morgan fingerprint density at radius 1 is 1.00 bits per heavy atom. The second kappa shape index (κ2) is 8.72. The average molecular weight is 327 g/mol. The molecule has 24 heavy (non-hydrogen) atoms. The zero-order valence-electron chi connectivity index (χ0n) is 13.8. The Balaban J connectivity index is 2.16. The lowest BCUT2D eigenvalue weighted by Crippen LogP contribution is -2.18. The smallest absolute Gasteiger partial charge is 0.313 e. The Bertz CT molecular complexity index is 668. The summed E-state index contributed by atoms with van der Waals surface area (Å²) in [6.07, 6.45) is -0.0318.